The molecule has 13 heteroatoms. The number of Topliss-reactive ketones (excluding diaryl/α,β-unsaturated/α-hetero) is 1. The summed E-state index contributed by atoms with van der Waals surface area (Å²) in [7, 11) is 0. The van der Waals surface area contributed by atoms with Crippen LogP contribution in [-0.4, -0.2) is 33.6 Å². The van der Waals surface area contributed by atoms with E-state index in [1.807, 2.05) is 0 Å². The lowest BCUT2D eigenvalue weighted by Gasteiger charge is -2.47. The summed E-state index contributed by atoms with van der Waals surface area (Å²) in [5.41, 5.74) is 7.42. The Bertz CT molecular complexity index is 1300. The maximum Gasteiger partial charge on any atom is 0.293 e. The molecule has 4 rings (SSSR count). The molecule has 1 aromatic heterocycles. The van der Waals surface area contributed by atoms with Crippen LogP contribution in [-0.2, 0) is 17.8 Å². The zero-order chi connectivity index (χ0) is 26.4. The maximum atomic E-state index is 13.7. The standard InChI is InChI=1S/C23H24ClF3N6O3/c1-11-17(19(34)21(36)32-22(16(28)8-30-29)9-23(26,27)10-22)15-3-2-6-33(15)18(11)20(35)31-12-4-5-14(25)13(24)7-12/h4-5,7-8,30H,2-3,6,9-10,28-29H2,1H3,(H,31,35)(H,32,36)/b16-8-. The third-order valence-electron chi connectivity index (χ3n) is 6.50. The van der Waals surface area contributed by atoms with Crippen LogP contribution < -0.4 is 27.6 Å². The highest BCUT2D eigenvalue weighted by Gasteiger charge is 2.59. The Labute approximate surface area is 209 Å². The first kappa shape index (κ1) is 25.6. The number of benzene rings is 1. The molecule has 2 heterocycles. The minimum absolute atomic E-state index is 0.0352. The van der Waals surface area contributed by atoms with Crippen molar-refractivity contribution in [1.82, 2.24) is 15.3 Å². The molecule has 2 aromatic rings. The molecule has 1 aromatic carbocycles. The van der Waals surface area contributed by atoms with Crippen molar-refractivity contribution < 1.29 is 27.6 Å². The molecular formula is C23H24ClF3N6O3. The lowest BCUT2D eigenvalue weighted by molar-refractivity contribution is -0.137. The summed E-state index contributed by atoms with van der Waals surface area (Å²) >= 11 is 5.79. The Morgan fingerprint density at radius 1 is 1.22 bits per heavy atom. The molecule has 1 aliphatic carbocycles. The molecule has 1 saturated carbocycles. The third kappa shape index (κ3) is 4.42. The first-order valence-electron chi connectivity index (χ1n) is 11.0. The molecule has 0 radical (unpaired) electrons. The third-order valence-corrected chi connectivity index (χ3v) is 6.79. The van der Waals surface area contributed by atoms with Gasteiger partial charge in [-0.05, 0) is 43.5 Å². The molecule has 2 amide bonds. The van der Waals surface area contributed by atoms with Crippen LogP contribution in [0.5, 0.6) is 0 Å². The zero-order valence-electron chi connectivity index (χ0n) is 19.2. The Morgan fingerprint density at radius 2 is 1.92 bits per heavy atom. The number of halogens is 4. The number of amides is 2. The number of hydrazine groups is 1. The number of nitrogens with one attached hydrogen (secondary N) is 3. The molecule has 0 unspecified atom stereocenters. The van der Waals surface area contributed by atoms with E-state index in [0.717, 1.165) is 12.3 Å². The monoisotopic (exact) mass is 524 g/mol. The number of carbonyl (C=O) groups excluding carboxylic acids is 3. The van der Waals surface area contributed by atoms with Crippen molar-refractivity contribution in [3.63, 3.8) is 0 Å². The minimum atomic E-state index is -3.06. The molecule has 1 fully saturated rings. The van der Waals surface area contributed by atoms with E-state index < -0.39 is 47.7 Å². The highest BCUT2D eigenvalue weighted by atomic mass is 35.5. The van der Waals surface area contributed by atoms with Gasteiger partial charge in [-0.2, -0.15) is 0 Å². The van der Waals surface area contributed by atoms with Gasteiger partial charge in [0.1, 0.15) is 11.5 Å². The van der Waals surface area contributed by atoms with Gasteiger partial charge in [0.15, 0.2) is 0 Å². The van der Waals surface area contributed by atoms with Gasteiger partial charge in [-0.3, -0.25) is 20.2 Å². The van der Waals surface area contributed by atoms with E-state index in [1.165, 1.54) is 19.1 Å². The summed E-state index contributed by atoms with van der Waals surface area (Å²) in [6.07, 6.45) is 0.570. The zero-order valence-corrected chi connectivity index (χ0v) is 19.9. The summed E-state index contributed by atoms with van der Waals surface area (Å²) in [6, 6.07) is 3.69. The van der Waals surface area contributed by atoms with Crippen LogP contribution in [0.25, 0.3) is 0 Å². The number of hydrogen-bond acceptors (Lipinski definition) is 6. The second-order valence-corrected chi connectivity index (χ2v) is 9.38. The first-order valence-corrected chi connectivity index (χ1v) is 11.4. The quantitative estimate of drug-likeness (QED) is 0.163. The van der Waals surface area contributed by atoms with E-state index in [9.17, 15) is 27.6 Å². The Kier molecular flexibility index (Phi) is 6.52. The van der Waals surface area contributed by atoms with Gasteiger partial charge in [-0.1, -0.05) is 11.6 Å². The number of rotatable bonds is 7. The molecule has 0 bridgehead atoms. The largest absolute Gasteiger partial charge is 0.399 e. The van der Waals surface area contributed by atoms with Crippen LogP contribution in [0.1, 0.15) is 51.4 Å². The first-order chi connectivity index (χ1) is 16.9. The highest BCUT2D eigenvalue weighted by molar-refractivity contribution is 6.44. The van der Waals surface area contributed by atoms with Crippen LogP contribution >= 0.6 is 11.6 Å². The van der Waals surface area contributed by atoms with Crippen molar-refractivity contribution in [2.24, 2.45) is 11.6 Å². The van der Waals surface area contributed by atoms with Gasteiger partial charge in [0.25, 0.3) is 23.5 Å². The Balaban J connectivity index is 1.62. The molecular weight excluding hydrogens is 501 g/mol. The van der Waals surface area contributed by atoms with Crippen molar-refractivity contribution in [2.75, 3.05) is 5.32 Å². The van der Waals surface area contributed by atoms with Crippen LogP contribution in [0.4, 0.5) is 18.9 Å². The lowest BCUT2D eigenvalue weighted by atomic mass is 9.71. The van der Waals surface area contributed by atoms with Crippen LogP contribution in [0.15, 0.2) is 30.1 Å². The molecule has 36 heavy (non-hydrogen) atoms. The average molecular weight is 525 g/mol. The molecule has 0 spiro atoms. The summed E-state index contributed by atoms with van der Waals surface area (Å²) < 4.78 is 42.6. The number of hydrogen-bond donors (Lipinski definition) is 5. The van der Waals surface area contributed by atoms with E-state index in [1.54, 1.807) is 4.57 Å². The van der Waals surface area contributed by atoms with Crippen LogP contribution in [0.2, 0.25) is 5.02 Å². The second-order valence-electron chi connectivity index (χ2n) is 8.97. The fourth-order valence-electron chi connectivity index (χ4n) is 4.89. The molecule has 192 valence electrons. The lowest BCUT2D eigenvalue weighted by Crippen LogP contribution is -2.65. The highest BCUT2D eigenvalue weighted by Crippen LogP contribution is 2.48. The van der Waals surface area contributed by atoms with E-state index >= 15 is 0 Å². The van der Waals surface area contributed by atoms with E-state index in [4.69, 9.17) is 23.2 Å². The van der Waals surface area contributed by atoms with Crippen LogP contribution in [0, 0.1) is 12.7 Å². The van der Waals surface area contributed by atoms with Gasteiger partial charge in [-0.25, -0.2) is 13.2 Å². The summed E-state index contributed by atoms with van der Waals surface area (Å²) in [6.45, 7) is 1.96. The second kappa shape index (κ2) is 9.17. The van der Waals surface area contributed by atoms with Gasteiger partial charge in [0.05, 0.1) is 21.8 Å². The van der Waals surface area contributed by atoms with Crippen molar-refractivity contribution >= 4 is 34.9 Å². The smallest absolute Gasteiger partial charge is 0.293 e. The Morgan fingerprint density at radius 3 is 2.53 bits per heavy atom. The normalized spacial score (nSPS) is 17.7. The molecule has 1 aliphatic heterocycles. The summed E-state index contributed by atoms with van der Waals surface area (Å²) in [5, 5.41) is 4.81. The van der Waals surface area contributed by atoms with Crippen LogP contribution in [0.3, 0.4) is 0 Å². The van der Waals surface area contributed by atoms with Crippen molar-refractivity contribution in [3.05, 3.63) is 63.5 Å². The number of anilines is 1. The number of carbonyl (C=O) groups is 3. The predicted octanol–water partition coefficient (Wildman–Crippen LogP) is 2.52. The number of nitrogens with zero attached hydrogens (tertiary/aromatic N) is 1. The summed E-state index contributed by atoms with van der Waals surface area (Å²) in [5.74, 6) is -1.18. The van der Waals surface area contributed by atoms with Crippen molar-refractivity contribution in [1.29, 1.82) is 0 Å². The summed E-state index contributed by atoms with van der Waals surface area (Å²) in [4.78, 5) is 39.3. The number of nitrogens with two attached hydrogens (primary N) is 2. The van der Waals surface area contributed by atoms with E-state index in [-0.39, 0.29) is 33.2 Å². The molecule has 9 nitrogen and oxygen atoms in total. The number of aromatic nitrogens is 1. The number of alkyl halides is 2. The fourth-order valence-corrected chi connectivity index (χ4v) is 5.07. The van der Waals surface area contributed by atoms with Gasteiger partial charge >= 0.3 is 0 Å². The van der Waals surface area contributed by atoms with Gasteiger partial charge in [0.2, 0.25) is 0 Å². The van der Waals surface area contributed by atoms with Crippen molar-refractivity contribution in [2.45, 2.75) is 50.6 Å². The van der Waals surface area contributed by atoms with Gasteiger partial charge < -0.3 is 26.4 Å². The molecule has 0 saturated heterocycles. The van der Waals surface area contributed by atoms with Crippen molar-refractivity contribution in [3.8, 4) is 0 Å². The fraction of sp³-hybridized carbons (Fsp3) is 0.348. The number of fused-ring (bicyclic) bond motifs is 1. The van der Waals surface area contributed by atoms with E-state index in [2.05, 4.69) is 16.1 Å². The Hall–Kier alpha value is -3.51. The molecule has 7 N–H and O–H groups in total. The van der Waals surface area contributed by atoms with Gasteiger partial charge in [-0.15, -0.1) is 0 Å². The predicted molar refractivity (Wildman–Crippen MR) is 126 cm³/mol. The molecule has 2 aliphatic rings. The topological polar surface area (TPSA) is 144 Å². The number of ketones is 1. The molecule has 0 atom stereocenters. The maximum absolute atomic E-state index is 13.7. The van der Waals surface area contributed by atoms with E-state index in [0.29, 0.717) is 25.1 Å². The minimum Gasteiger partial charge on any atom is -0.399 e. The van der Waals surface area contributed by atoms with Gasteiger partial charge in [0, 0.05) is 37.0 Å². The SMILES string of the molecule is Cc1c(C(=O)C(=O)NC2(/C(N)=C/NN)CC(F)(F)C2)c2n(c1C(=O)Nc1ccc(F)c(Cl)c1)CCC2. The average Bonchev–Trinajstić information content (AvgIpc) is 3.33.